The molecule has 3 rings (SSSR count). The lowest BCUT2D eigenvalue weighted by Crippen LogP contribution is -2.32. The van der Waals surface area contributed by atoms with E-state index in [2.05, 4.69) is 20.5 Å². The molecule has 0 unspecified atom stereocenters. The molecule has 0 aliphatic heterocycles. The molecule has 0 atom stereocenters. The second-order valence-corrected chi connectivity index (χ2v) is 5.28. The maximum Gasteiger partial charge on any atom is 0.344 e. The standard InChI is InChI=1S/C14H14N6O4/c1-7-4-9-10(5-8(7)2)20(24-6-11(21)22)14(23)12(15-9)13-16-17-18-19(13)3/h4-5H,6H2,1-3H3,(H,21,22). The maximum absolute atomic E-state index is 12.7. The minimum atomic E-state index is -1.20. The molecule has 10 heteroatoms. The number of hydrogen-bond acceptors (Lipinski definition) is 7. The number of aromatic nitrogens is 6. The summed E-state index contributed by atoms with van der Waals surface area (Å²) in [6.45, 7) is 3.12. The van der Waals surface area contributed by atoms with Gasteiger partial charge in [0.2, 0.25) is 12.4 Å². The zero-order chi connectivity index (χ0) is 17.4. The Morgan fingerprint density at radius 3 is 2.62 bits per heavy atom. The highest BCUT2D eigenvalue weighted by Crippen LogP contribution is 2.19. The number of tetrazole rings is 1. The van der Waals surface area contributed by atoms with E-state index in [0.29, 0.717) is 11.0 Å². The van der Waals surface area contributed by atoms with Gasteiger partial charge in [0.15, 0.2) is 5.69 Å². The number of carboxylic acids is 1. The number of aliphatic carboxylic acids is 1. The Morgan fingerprint density at radius 2 is 2.00 bits per heavy atom. The number of nitrogens with zero attached hydrogens (tertiary/aromatic N) is 6. The van der Waals surface area contributed by atoms with Crippen LogP contribution in [0.3, 0.4) is 0 Å². The molecule has 0 fully saturated rings. The summed E-state index contributed by atoms with van der Waals surface area (Å²) in [5, 5.41) is 19.8. The van der Waals surface area contributed by atoms with Crippen molar-refractivity contribution in [2.24, 2.45) is 7.05 Å². The number of carboxylic acid groups (broad SMARTS) is 1. The van der Waals surface area contributed by atoms with E-state index in [-0.39, 0.29) is 11.5 Å². The first-order chi connectivity index (χ1) is 11.4. The molecular formula is C14H14N6O4. The van der Waals surface area contributed by atoms with Crippen LogP contribution >= 0.6 is 0 Å². The minimum Gasteiger partial charge on any atom is -0.479 e. The lowest BCUT2D eigenvalue weighted by atomic mass is 10.1. The Labute approximate surface area is 135 Å². The highest BCUT2D eigenvalue weighted by atomic mass is 16.7. The fourth-order valence-corrected chi connectivity index (χ4v) is 2.24. The zero-order valence-corrected chi connectivity index (χ0v) is 13.2. The summed E-state index contributed by atoms with van der Waals surface area (Å²) in [5.41, 5.74) is 2.09. The van der Waals surface area contributed by atoms with Crippen molar-refractivity contribution >= 4 is 17.0 Å². The Balaban J connectivity index is 2.33. The van der Waals surface area contributed by atoms with Gasteiger partial charge in [-0.25, -0.2) is 14.5 Å². The third-order valence-electron chi connectivity index (χ3n) is 3.58. The van der Waals surface area contributed by atoms with Crippen molar-refractivity contribution in [3.05, 3.63) is 33.6 Å². The van der Waals surface area contributed by atoms with Crippen LogP contribution in [0.25, 0.3) is 22.6 Å². The third-order valence-corrected chi connectivity index (χ3v) is 3.58. The summed E-state index contributed by atoms with van der Waals surface area (Å²) in [4.78, 5) is 33.0. The van der Waals surface area contributed by atoms with Crippen molar-refractivity contribution in [1.29, 1.82) is 0 Å². The smallest absolute Gasteiger partial charge is 0.344 e. The molecule has 0 aliphatic rings. The van der Waals surface area contributed by atoms with E-state index >= 15 is 0 Å². The molecule has 1 N–H and O–H groups in total. The Kier molecular flexibility index (Phi) is 3.72. The molecule has 0 saturated heterocycles. The van der Waals surface area contributed by atoms with Crippen LogP contribution in [-0.2, 0) is 11.8 Å². The number of fused-ring (bicyclic) bond motifs is 1. The number of hydrogen-bond donors (Lipinski definition) is 1. The highest BCUT2D eigenvalue weighted by Gasteiger charge is 2.19. The van der Waals surface area contributed by atoms with Gasteiger partial charge >= 0.3 is 11.5 Å². The predicted octanol–water partition coefficient (Wildman–Crippen LogP) is -0.283. The second-order valence-electron chi connectivity index (χ2n) is 5.28. The molecule has 2 aromatic heterocycles. The van der Waals surface area contributed by atoms with Gasteiger partial charge in [-0.1, -0.05) is 0 Å². The van der Waals surface area contributed by atoms with Crippen LogP contribution in [0, 0.1) is 13.8 Å². The molecular weight excluding hydrogens is 316 g/mol. The molecule has 3 aromatic rings. The van der Waals surface area contributed by atoms with Gasteiger partial charge in [0.1, 0.15) is 5.52 Å². The van der Waals surface area contributed by atoms with E-state index in [1.165, 1.54) is 4.68 Å². The monoisotopic (exact) mass is 330 g/mol. The molecule has 0 aliphatic carbocycles. The normalized spacial score (nSPS) is 11.0. The maximum atomic E-state index is 12.7. The molecule has 1 aromatic carbocycles. The van der Waals surface area contributed by atoms with E-state index in [0.717, 1.165) is 15.9 Å². The minimum absolute atomic E-state index is 0.0244. The van der Waals surface area contributed by atoms with Crippen LogP contribution in [0.15, 0.2) is 16.9 Å². The van der Waals surface area contributed by atoms with Crippen LogP contribution in [0.4, 0.5) is 0 Å². The largest absolute Gasteiger partial charge is 0.479 e. The van der Waals surface area contributed by atoms with Crippen molar-refractivity contribution < 1.29 is 14.7 Å². The molecule has 124 valence electrons. The summed E-state index contributed by atoms with van der Waals surface area (Å²) in [6.07, 6.45) is 0. The van der Waals surface area contributed by atoms with Crippen LogP contribution in [-0.4, -0.2) is 47.6 Å². The van der Waals surface area contributed by atoms with E-state index < -0.39 is 18.1 Å². The van der Waals surface area contributed by atoms with Crippen LogP contribution in [0.2, 0.25) is 0 Å². The van der Waals surface area contributed by atoms with Gasteiger partial charge in [0, 0.05) is 7.05 Å². The van der Waals surface area contributed by atoms with Crippen LogP contribution in [0.1, 0.15) is 11.1 Å². The van der Waals surface area contributed by atoms with Gasteiger partial charge in [-0.05, 0) is 47.5 Å². The third kappa shape index (κ3) is 2.57. The topological polar surface area (TPSA) is 125 Å². The van der Waals surface area contributed by atoms with Crippen molar-refractivity contribution in [1.82, 2.24) is 29.9 Å². The van der Waals surface area contributed by atoms with E-state index in [4.69, 9.17) is 9.94 Å². The lowest BCUT2D eigenvalue weighted by Gasteiger charge is -2.13. The zero-order valence-electron chi connectivity index (χ0n) is 13.2. The summed E-state index contributed by atoms with van der Waals surface area (Å²) >= 11 is 0. The first-order valence-corrected chi connectivity index (χ1v) is 7.00. The Bertz CT molecular complexity index is 1010. The van der Waals surface area contributed by atoms with Crippen molar-refractivity contribution in [2.45, 2.75) is 13.8 Å². The molecule has 0 spiro atoms. The number of benzene rings is 1. The van der Waals surface area contributed by atoms with Crippen molar-refractivity contribution in [3.63, 3.8) is 0 Å². The predicted molar refractivity (Wildman–Crippen MR) is 82.4 cm³/mol. The lowest BCUT2D eigenvalue weighted by molar-refractivity contribution is -0.142. The summed E-state index contributed by atoms with van der Waals surface area (Å²) in [7, 11) is 1.57. The molecule has 0 bridgehead atoms. The highest BCUT2D eigenvalue weighted by molar-refractivity contribution is 5.78. The Hall–Kier alpha value is -3.30. The second kappa shape index (κ2) is 5.72. The number of aryl methyl sites for hydroxylation is 3. The average Bonchev–Trinajstić information content (AvgIpc) is 2.93. The van der Waals surface area contributed by atoms with Gasteiger partial charge in [0.05, 0.1) is 5.52 Å². The Morgan fingerprint density at radius 1 is 1.29 bits per heavy atom. The number of rotatable bonds is 4. The van der Waals surface area contributed by atoms with Gasteiger partial charge in [-0.3, -0.25) is 4.79 Å². The SMILES string of the molecule is Cc1cc2nc(-c3nnnn3C)c(=O)n(OCC(=O)O)c2cc1C. The first kappa shape index (κ1) is 15.6. The number of carbonyl (C=O) groups is 1. The van der Waals surface area contributed by atoms with Crippen molar-refractivity contribution in [2.75, 3.05) is 6.61 Å². The first-order valence-electron chi connectivity index (χ1n) is 7.00. The average molecular weight is 330 g/mol. The van der Waals surface area contributed by atoms with Gasteiger partial charge in [0.25, 0.3) is 0 Å². The quantitative estimate of drug-likeness (QED) is 0.692. The van der Waals surface area contributed by atoms with Crippen molar-refractivity contribution in [3.8, 4) is 11.5 Å². The van der Waals surface area contributed by atoms with Gasteiger partial charge in [-0.2, -0.15) is 0 Å². The van der Waals surface area contributed by atoms with Crippen LogP contribution in [0.5, 0.6) is 0 Å². The van der Waals surface area contributed by atoms with E-state index in [9.17, 15) is 9.59 Å². The van der Waals surface area contributed by atoms with Gasteiger partial charge in [-0.15, -0.1) is 9.83 Å². The molecule has 0 radical (unpaired) electrons. The molecule has 24 heavy (non-hydrogen) atoms. The molecule has 10 nitrogen and oxygen atoms in total. The fraction of sp³-hybridized carbons (Fsp3) is 0.286. The molecule has 0 saturated carbocycles. The van der Waals surface area contributed by atoms with E-state index in [1.807, 2.05) is 13.8 Å². The molecule has 0 amide bonds. The summed E-state index contributed by atoms with van der Waals surface area (Å²) in [5.74, 6) is -1.04. The van der Waals surface area contributed by atoms with Gasteiger partial charge < -0.3 is 9.94 Å². The fourth-order valence-electron chi connectivity index (χ4n) is 2.24. The van der Waals surface area contributed by atoms with Crippen LogP contribution < -0.4 is 10.4 Å². The molecule has 2 heterocycles. The van der Waals surface area contributed by atoms with E-state index in [1.54, 1.807) is 19.2 Å². The summed E-state index contributed by atoms with van der Waals surface area (Å²) < 4.78 is 2.23. The summed E-state index contributed by atoms with van der Waals surface area (Å²) in [6, 6.07) is 3.51.